The van der Waals surface area contributed by atoms with Crippen LogP contribution in [0.5, 0.6) is 5.75 Å². The van der Waals surface area contributed by atoms with Gasteiger partial charge >= 0.3 is 6.09 Å². The van der Waals surface area contributed by atoms with Crippen molar-refractivity contribution in [2.75, 3.05) is 26.3 Å². The largest absolute Gasteiger partial charge is 0.494 e. The third-order valence-corrected chi connectivity index (χ3v) is 7.99. The third-order valence-electron chi connectivity index (χ3n) is 7.99. The maximum atomic E-state index is 13.9. The first-order chi connectivity index (χ1) is 21.2. The Hall–Kier alpha value is -4.16. The molecule has 5 rings (SSSR count). The summed E-state index contributed by atoms with van der Waals surface area (Å²) in [6, 6.07) is 32.6. The molecule has 230 valence electrons. The molecule has 44 heavy (non-hydrogen) atoms. The van der Waals surface area contributed by atoms with Gasteiger partial charge in [0, 0.05) is 31.8 Å². The minimum atomic E-state index is -0.595. The zero-order valence-electron chi connectivity index (χ0n) is 26.0. The summed E-state index contributed by atoms with van der Waals surface area (Å²) in [5, 5.41) is 2.27. The molecule has 1 aliphatic rings. The topological polar surface area (TPSA) is 65.1 Å². The van der Waals surface area contributed by atoms with E-state index < -0.39 is 5.60 Å². The zero-order valence-corrected chi connectivity index (χ0v) is 26.0. The van der Waals surface area contributed by atoms with Crippen LogP contribution in [0.3, 0.4) is 0 Å². The van der Waals surface area contributed by atoms with Gasteiger partial charge < -0.3 is 19.1 Å². The molecule has 4 aromatic rings. The van der Waals surface area contributed by atoms with Crippen molar-refractivity contribution in [3.05, 3.63) is 114 Å². The molecule has 0 aliphatic carbocycles. The number of piperidine rings is 1. The van der Waals surface area contributed by atoms with E-state index >= 15 is 0 Å². The van der Waals surface area contributed by atoms with E-state index in [0.29, 0.717) is 45.8 Å². The van der Waals surface area contributed by atoms with Gasteiger partial charge in [-0.05, 0) is 72.7 Å². The average molecular weight is 594 g/mol. The second kappa shape index (κ2) is 14.5. The fourth-order valence-electron chi connectivity index (χ4n) is 5.78. The Bertz CT molecular complexity index is 1530. The van der Waals surface area contributed by atoms with Gasteiger partial charge in [0.15, 0.2) is 0 Å². The van der Waals surface area contributed by atoms with Gasteiger partial charge in [0.25, 0.3) is 0 Å². The van der Waals surface area contributed by atoms with E-state index in [1.165, 1.54) is 0 Å². The number of hydrogen-bond acceptors (Lipinski definition) is 5. The number of carbonyl (C=O) groups is 2. The van der Waals surface area contributed by atoms with Crippen LogP contribution >= 0.6 is 0 Å². The Morgan fingerprint density at radius 3 is 2.30 bits per heavy atom. The molecular weight excluding hydrogens is 550 g/mol. The van der Waals surface area contributed by atoms with E-state index in [2.05, 4.69) is 48.5 Å². The number of amides is 1. The fourth-order valence-corrected chi connectivity index (χ4v) is 5.78. The Balaban J connectivity index is 1.22. The number of ether oxygens (including phenoxy) is 3. The van der Waals surface area contributed by atoms with Crippen molar-refractivity contribution in [2.24, 2.45) is 5.92 Å². The second-order valence-electron chi connectivity index (χ2n) is 12.6. The standard InChI is InChI=1S/C38H43NO5/c1-38(2,3)44-37(41)39-21-20-34(35(26-39)36(40)25-29-14-15-30-12-7-8-13-32(30)24-29)31-16-18-33(19-17-31)43-23-9-22-42-27-28-10-5-4-6-11-28/h4-8,10-19,24,34-35H,9,20-23,25-27H2,1-3H3. The number of Topliss-reactive ketones (excluding diaryl/α,β-unsaturated/α-hetero) is 1. The molecule has 0 radical (unpaired) electrons. The van der Waals surface area contributed by atoms with E-state index in [-0.39, 0.29) is 23.7 Å². The molecule has 1 aliphatic heterocycles. The highest BCUT2D eigenvalue weighted by molar-refractivity contribution is 5.88. The summed E-state index contributed by atoms with van der Waals surface area (Å²) in [6.45, 7) is 8.26. The van der Waals surface area contributed by atoms with E-state index in [1.807, 2.05) is 69.3 Å². The number of benzene rings is 4. The third kappa shape index (κ3) is 8.70. The summed E-state index contributed by atoms with van der Waals surface area (Å²) < 4.78 is 17.4. The van der Waals surface area contributed by atoms with E-state index in [9.17, 15) is 9.59 Å². The van der Waals surface area contributed by atoms with E-state index in [4.69, 9.17) is 14.2 Å². The Morgan fingerprint density at radius 2 is 1.55 bits per heavy atom. The lowest BCUT2D eigenvalue weighted by Crippen LogP contribution is -2.47. The number of likely N-dealkylation sites (tertiary alicyclic amines) is 1. The first-order valence-corrected chi connectivity index (χ1v) is 15.6. The summed E-state index contributed by atoms with van der Waals surface area (Å²) in [4.78, 5) is 28.6. The van der Waals surface area contributed by atoms with Gasteiger partial charge in [0.2, 0.25) is 0 Å². The highest BCUT2D eigenvalue weighted by Crippen LogP contribution is 2.36. The molecule has 0 aromatic heterocycles. The number of nitrogens with zero attached hydrogens (tertiary/aromatic N) is 1. The van der Waals surface area contributed by atoms with Crippen LogP contribution in [-0.4, -0.2) is 48.7 Å². The van der Waals surface area contributed by atoms with Gasteiger partial charge in [-0.25, -0.2) is 4.79 Å². The van der Waals surface area contributed by atoms with Crippen molar-refractivity contribution < 1.29 is 23.8 Å². The van der Waals surface area contributed by atoms with Crippen LogP contribution in [0, 0.1) is 5.92 Å². The summed E-state index contributed by atoms with van der Waals surface area (Å²) in [5.41, 5.74) is 2.64. The molecule has 2 unspecified atom stereocenters. The van der Waals surface area contributed by atoms with Crippen molar-refractivity contribution >= 4 is 22.6 Å². The maximum absolute atomic E-state index is 13.9. The molecule has 0 spiro atoms. The average Bonchev–Trinajstić information content (AvgIpc) is 3.02. The summed E-state index contributed by atoms with van der Waals surface area (Å²) >= 11 is 0. The lowest BCUT2D eigenvalue weighted by Gasteiger charge is -2.38. The second-order valence-corrected chi connectivity index (χ2v) is 12.6. The van der Waals surface area contributed by atoms with E-state index in [1.54, 1.807) is 4.90 Å². The van der Waals surface area contributed by atoms with Crippen molar-refractivity contribution in [1.29, 1.82) is 0 Å². The van der Waals surface area contributed by atoms with Crippen molar-refractivity contribution in [3.63, 3.8) is 0 Å². The molecule has 0 saturated carbocycles. The van der Waals surface area contributed by atoms with Crippen LogP contribution < -0.4 is 4.74 Å². The first kappa shape index (κ1) is 31.3. The molecule has 1 saturated heterocycles. The monoisotopic (exact) mass is 593 g/mol. The Morgan fingerprint density at radius 1 is 0.818 bits per heavy atom. The number of fused-ring (bicyclic) bond motifs is 1. The molecule has 6 heteroatoms. The highest BCUT2D eigenvalue weighted by Gasteiger charge is 2.38. The number of ketones is 1. The number of hydrogen-bond donors (Lipinski definition) is 0. The quantitative estimate of drug-likeness (QED) is 0.165. The summed E-state index contributed by atoms with van der Waals surface area (Å²) in [6.07, 6.45) is 1.44. The van der Waals surface area contributed by atoms with Crippen LogP contribution in [0.1, 0.15) is 56.2 Å². The maximum Gasteiger partial charge on any atom is 0.410 e. The minimum absolute atomic E-state index is 0.00193. The molecule has 4 aromatic carbocycles. The minimum Gasteiger partial charge on any atom is -0.494 e. The predicted octanol–water partition coefficient (Wildman–Crippen LogP) is 7.98. The van der Waals surface area contributed by atoms with Crippen LogP contribution in [0.15, 0.2) is 97.1 Å². The molecule has 0 bridgehead atoms. The van der Waals surface area contributed by atoms with Crippen molar-refractivity contribution in [1.82, 2.24) is 4.90 Å². The number of carbonyl (C=O) groups excluding carboxylic acids is 2. The SMILES string of the molecule is CC(C)(C)OC(=O)N1CCC(c2ccc(OCCCOCc3ccccc3)cc2)C(C(=O)Cc2ccc3ccccc3c2)C1. The van der Waals surface area contributed by atoms with Crippen LogP contribution in [-0.2, 0) is 27.3 Å². The molecule has 2 atom stereocenters. The first-order valence-electron chi connectivity index (χ1n) is 15.6. The lowest BCUT2D eigenvalue weighted by molar-refractivity contribution is -0.124. The number of rotatable bonds is 11. The molecule has 1 amide bonds. The van der Waals surface area contributed by atoms with Gasteiger partial charge in [0.05, 0.1) is 19.8 Å². The smallest absolute Gasteiger partial charge is 0.410 e. The Labute approximate surface area is 260 Å². The molecule has 0 N–H and O–H groups in total. The van der Waals surface area contributed by atoms with Crippen LogP contribution in [0.25, 0.3) is 10.8 Å². The fraction of sp³-hybridized carbons (Fsp3) is 0.368. The summed E-state index contributed by atoms with van der Waals surface area (Å²) in [7, 11) is 0. The van der Waals surface area contributed by atoms with Gasteiger partial charge in [-0.3, -0.25) is 4.79 Å². The highest BCUT2D eigenvalue weighted by atomic mass is 16.6. The van der Waals surface area contributed by atoms with Gasteiger partial charge in [-0.15, -0.1) is 0 Å². The Kier molecular flexibility index (Phi) is 10.3. The van der Waals surface area contributed by atoms with Crippen molar-refractivity contribution in [2.45, 2.75) is 58.2 Å². The van der Waals surface area contributed by atoms with E-state index in [0.717, 1.165) is 39.6 Å². The van der Waals surface area contributed by atoms with Gasteiger partial charge in [0.1, 0.15) is 17.1 Å². The molecule has 6 nitrogen and oxygen atoms in total. The summed E-state index contributed by atoms with van der Waals surface area (Å²) in [5.74, 6) is 0.592. The predicted molar refractivity (Wildman–Crippen MR) is 174 cm³/mol. The van der Waals surface area contributed by atoms with Gasteiger partial charge in [-0.1, -0.05) is 84.9 Å². The molecular formula is C38H43NO5. The lowest BCUT2D eigenvalue weighted by atomic mass is 9.77. The normalized spacial score (nSPS) is 16.9. The van der Waals surface area contributed by atoms with Crippen LogP contribution in [0.4, 0.5) is 4.79 Å². The van der Waals surface area contributed by atoms with Crippen molar-refractivity contribution in [3.8, 4) is 5.75 Å². The van der Waals surface area contributed by atoms with Gasteiger partial charge in [-0.2, -0.15) is 0 Å². The zero-order chi connectivity index (χ0) is 30.9. The molecule has 1 fully saturated rings. The van der Waals surface area contributed by atoms with Crippen LogP contribution in [0.2, 0.25) is 0 Å². The molecule has 1 heterocycles.